The number of carbonyl (C=O) groups excluding carboxylic acids is 2. The van der Waals surface area contributed by atoms with E-state index in [4.69, 9.17) is 6.42 Å². The van der Waals surface area contributed by atoms with Gasteiger partial charge in [0.15, 0.2) is 0 Å². The molecule has 1 aromatic carbocycles. The summed E-state index contributed by atoms with van der Waals surface area (Å²) in [5.41, 5.74) is 2.53. The maximum absolute atomic E-state index is 12.2. The molecule has 1 heterocycles. The molecule has 0 saturated carbocycles. The number of hydrogen-bond donors (Lipinski definition) is 2. The highest BCUT2D eigenvalue weighted by Gasteiger charge is 2.12. The third-order valence-electron chi connectivity index (χ3n) is 3.13. The van der Waals surface area contributed by atoms with Gasteiger partial charge in [-0.25, -0.2) is 0 Å². The number of aryl methyl sites for hydroxylation is 1. The Kier molecular flexibility index (Phi) is 5.48. The molecule has 2 N–H and O–H groups in total. The molecular weight excluding hydrogens is 290 g/mol. The lowest BCUT2D eigenvalue weighted by Gasteiger charge is -2.10. The summed E-state index contributed by atoms with van der Waals surface area (Å²) in [6.07, 6.45) is 6.99. The second kappa shape index (κ2) is 7.76. The smallest absolute Gasteiger partial charge is 0.254 e. The summed E-state index contributed by atoms with van der Waals surface area (Å²) in [4.78, 5) is 28.3. The number of aromatic nitrogens is 1. The van der Waals surface area contributed by atoms with Gasteiger partial charge < -0.3 is 10.6 Å². The van der Waals surface area contributed by atoms with Crippen molar-refractivity contribution in [2.45, 2.75) is 13.3 Å². The van der Waals surface area contributed by atoms with E-state index in [1.807, 2.05) is 19.1 Å². The highest BCUT2D eigenvalue weighted by molar-refractivity contribution is 6.04. The Balaban J connectivity index is 2.07. The Morgan fingerprint density at radius 2 is 2.00 bits per heavy atom. The second-order valence-electron chi connectivity index (χ2n) is 4.97. The molecule has 0 bridgehead atoms. The molecule has 2 rings (SSSR count). The molecule has 0 radical (unpaired) electrons. The van der Waals surface area contributed by atoms with Gasteiger partial charge >= 0.3 is 0 Å². The van der Waals surface area contributed by atoms with Crippen LogP contribution in [0.25, 0.3) is 0 Å². The van der Waals surface area contributed by atoms with Crippen LogP contribution in [0.15, 0.2) is 42.6 Å². The summed E-state index contributed by atoms with van der Waals surface area (Å²) in [7, 11) is 0. The summed E-state index contributed by atoms with van der Waals surface area (Å²) in [6, 6.07) is 10.5. The van der Waals surface area contributed by atoms with Gasteiger partial charge in [0.2, 0.25) is 5.91 Å². The quantitative estimate of drug-likeness (QED) is 0.829. The van der Waals surface area contributed by atoms with Gasteiger partial charge in [-0.05, 0) is 30.7 Å². The lowest BCUT2D eigenvalue weighted by Crippen LogP contribution is -2.25. The number of pyridine rings is 1. The van der Waals surface area contributed by atoms with Crippen molar-refractivity contribution in [3.05, 3.63) is 59.4 Å². The first-order chi connectivity index (χ1) is 11.1. The maximum Gasteiger partial charge on any atom is 0.254 e. The summed E-state index contributed by atoms with van der Waals surface area (Å²) in [5.74, 6) is 1.80. The van der Waals surface area contributed by atoms with Crippen LogP contribution in [-0.4, -0.2) is 23.3 Å². The number of anilines is 1. The van der Waals surface area contributed by atoms with Crippen molar-refractivity contribution in [3.63, 3.8) is 0 Å². The number of amides is 2. The van der Waals surface area contributed by atoms with E-state index in [1.165, 1.54) is 0 Å². The van der Waals surface area contributed by atoms with E-state index in [-0.39, 0.29) is 24.8 Å². The van der Waals surface area contributed by atoms with Crippen LogP contribution >= 0.6 is 0 Å². The summed E-state index contributed by atoms with van der Waals surface area (Å²) in [5, 5.41) is 5.33. The van der Waals surface area contributed by atoms with Crippen LogP contribution < -0.4 is 10.6 Å². The van der Waals surface area contributed by atoms with E-state index >= 15 is 0 Å². The third kappa shape index (κ3) is 4.68. The normalized spacial score (nSPS) is 9.74. The van der Waals surface area contributed by atoms with Crippen LogP contribution in [0.3, 0.4) is 0 Å². The molecule has 0 aliphatic rings. The van der Waals surface area contributed by atoms with Crippen molar-refractivity contribution in [2.75, 3.05) is 11.9 Å². The Labute approximate surface area is 135 Å². The van der Waals surface area contributed by atoms with Crippen molar-refractivity contribution in [2.24, 2.45) is 0 Å². The maximum atomic E-state index is 12.2. The van der Waals surface area contributed by atoms with Crippen LogP contribution in [0.1, 0.15) is 21.6 Å². The van der Waals surface area contributed by atoms with Gasteiger partial charge in [0, 0.05) is 11.9 Å². The van der Waals surface area contributed by atoms with Crippen molar-refractivity contribution in [1.82, 2.24) is 10.3 Å². The molecule has 2 aromatic rings. The second-order valence-corrected chi connectivity index (χ2v) is 4.97. The van der Waals surface area contributed by atoms with Crippen molar-refractivity contribution < 1.29 is 9.59 Å². The SMILES string of the molecule is C#CCNC(=O)c1ccccc1NC(=O)Cc1ccc(C)nc1. The fraction of sp³-hybridized carbons (Fsp3) is 0.167. The molecule has 5 nitrogen and oxygen atoms in total. The number of benzene rings is 1. The van der Waals surface area contributed by atoms with Crippen LogP contribution in [0.2, 0.25) is 0 Å². The van der Waals surface area contributed by atoms with Crippen molar-refractivity contribution >= 4 is 17.5 Å². The average molecular weight is 307 g/mol. The Hall–Kier alpha value is -3.13. The number of para-hydroxylation sites is 1. The van der Waals surface area contributed by atoms with Gasteiger partial charge in [-0.3, -0.25) is 14.6 Å². The molecule has 116 valence electrons. The average Bonchev–Trinajstić information content (AvgIpc) is 2.55. The fourth-order valence-electron chi connectivity index (χ4n) is 2.00. The molecule has 1 aromatic heterocycles. The number of carbonyl (C=O) groups is 2. The predicted molar refractivity (Wildman–Crippen MR) is 88.9 cm³/mol. The summed E-state index contributed by atoms with van der Waals surface area (Å²) >= 11 is 0. The summed E-state index contributed by atoms with van der Waals surface area (Å²) in [6.45, 7) is 2.02. The first kappa shape index (κ1) is 16.2. The first-order valence-corrected chi connectivity index (χ1v) is 7.12. The van der Waals surface area contributed by atoms with Gasteiger partial charge in [-0.15, -0.1) is 6.42 Å². The van der Waals surface area contributed by atoms with Crippen LogP contribution in [0.4, 0.5) is 5.69 Å². The largest absolute Gasteiger partial charge is 0.341 e. The van der Waals surface area contributed by atoms with Gasteiger partial charge in [-0.2, -0.15) is 0 Å². The minimum atomic E-state index is -0.323. The van der Waals surface area contributed by atoms with Gasteiger partial charge in [0.1, 0.15) is 0 Å². The van der Waals surface area contributed by atoms with Crippen LogP contribution in [-0.2, 0) is 11.2 Å². The molecule has 23 heavy (non-hydrogen) atoms. The summed E-state index contributed by atoms with van der Waals surface area (Å²) < 4.78 is 0. The predicted octanol–water partition coefficient (Wildman–Crippen LogP) is 1.93. The van der Waals surface area contributed by atoms with E-state index in [9.17, 15) is 9.59 Å². The van der Waals surface area contributed by atoms with Gasteiger partial charge in [0.05, 0.1) is 24.2 Å². The van der Waals surface area contributed by atoms with Crippen molar-refractivity contribution in [3.8, 4) is 12.3 Å². The molecule has 0 saturated heterocycles. The highest BCUT2D eigenvalue weighted by Crippen LogP contribution is 2.15. The van der Waals surface area contributed by atoms with Gasteiger partial charge in [0.25, 0.3) is 5.91 Å². The molecular formula is C18H17N3O2. The number of nitrogens with zero attached hydrogens (tertiary/aromatic N) is 1. The van der Waals surface area contributed by atoms with E-state index < -0.39 is 0 Å². The van der Waals surface area contributed by atoms with Crippen LogP contribution in [0.5, 0.6) is 0 Å². The molecule has 5 heteroatoms. The molecule has 0 spiro atoms. The molecule has 2 amide bonds. The first-order valence-electron chi connectivity index (χ1n) is 7.12. The fourth-order valence-corrected chi connectivity index (χ4v) is 2.00. The molecule has 0 unspecified atom stereocenters. The van der Waals surface area contributed by atoms with E-state index in [2.05, 4.69) is 21.5 Å². The van der Waals surface area contributed by atoms with E-state index in [0.717, 1.165) is 11.3 Å². The standard InChI is InChI=1S/C18H17N3O2/c1-3-10-19-18(23)15-6-4-5-7-16(15)21-17(22)11-14-9-8-13(2)20-12-14/h1,4-9,12H,10-11H2,2H3,(H,19,23)(H,21,22). The zero-order valence-electron chi connectivity index (χ0n) is 12.8. The zero-order valence-corrected chi connectivity index (χ0v) is 12.8. The Bertz CT molecular complexity index is 746. The number of terminal acetylenes is 1. The molecule has 0 fully saturated rings. The molecule has 0 aliphatic heterocycles. The minimum absolute atomic E-state index is 0.135. The lowest BCUT2D eigenvalue weighted by atomic mass is 10.1. The third-order valence-corrected chi connectivity index (χ3v) is 3.13. The Morgan fingerprint density at radius 3 is 2.70 bits per heavy atom. The molecule has 0 aliphatic carbocycles. The van der Waals surface area contributed by atoms with Crippen LogP contribution in [0, 0.1) is 19.3 Å². The monoisotopic (exact) mass is 307 g/mol. The topological polar surface area (TPSA) is 71.1 Å². The Morgan fingerprint density at radius 1 is 1.22 bits per heavy atom. The van der Waals surface area contributed by atoms with E-state index in [0.29, 0.717) is 11.3 Å². The zero-order chi connectivity index (χ0) is 16.7. The van der Waals surface area contributed by atoms with Crippen molar-refractivity contribution in [1.29, 1.82) is 0 Å². The van der Waals surface area contributed by atoms with E-state index in [1.54, 1.807) is 30.5 Å². The highest BCUT2D eigenvalue weighted by atomic mass is 16.2. The minimum Gasteiger partial charge on any atom is -0.341 e. The van der Waals surface area contributed by atoms with Gasteiger partial charge in [-0.1, -0.05) is 24.1 Å². The number of hydrogen-bond acceptors (Lipinski definition) is 3. The number of rotatable bonds is 5. The number of nitrogens with one attached hydrogen (secondary N) is 2. The lowest BCUT2D eigenvalue weighted by molar-refractivity contribution is -0.115. The molecule has 0 atom stereocenters.